The molecule has 0 radical (unpaired) electrons. The molecule has 3 aliphatic rings. The standard InChI is InChI=1S/C21H28O6/c1-22-14-26-19(16-7-6-15(23-2)12-17(16)24-3)20-8-4-5-9-21(20)10-11-25-18(13-20)27-21/h6-7,10-12,18-19H,4-5,8-9,13-14H2,1-3H3/t18-,19?,20+,21-/m1/s1. The molecule has 6 heteroatoms. The first-order chi connectivity index (χ1) is 13.2. The van der Waals surface area contributed by atoms with E-state index < -0.39 is 0 Å². The SMILES string of the molecule is COCOC(c1ccc(OC)cc1OC)[C@@]12CCCC[C@@]13C=CO[C@@H](C2)O3. The predicted octanol–water partition coefficient (Wildman–Crippen LogP) is 3.95. The monoisotopic (exact) mass is 376 g/mol. The van der Waals surface area contributed by atoms with Gasteiger partial charge in [-0.05, 0) is 31.1 Å². The van der Waals surface area contributed by atoms with E-state index in [0.717, 1.165) is 49.2 Å². The van der Waals surface area contributed by atoms with Crippen LogP contribution in [-0.4, -0.2) is 40.0 Å². The lowest BCUT2D eigenvalue weighted by Gasteiger charge is -2.50. The van der Waals surface area contributed by atoms with Crippen LogP contribution in [0.5, 0.6) is 11.5 Å². The highest BCUT2D eigenvalue weighted by atomic mass is 16.7. The number of hydrogen-bond donors (Lipinski definition) is 0. The van der Waals surface area contributed by atoms with Crippen molar-refractivity contribution < 1.29 is 28.4 Å². The van der Waals surface area contributed by atoms with Crippen molar-refractivity contribution >= 4 is 0 Å². The molecule has 148 valence electrons. The Bertz CT molecular complexity index is 704. The molecule has 0 aromatic heterocycles. The second kappa shape index (κ2) is 7.34. The Hall–Kier alpha value is -1.76. The van der Waals surface area contributed by atoms with E-state index in [1.54, 1.807) is 27.6 Å². The zero-order chi connectivity index (χ0) is 18.9. The average molecular weight is 376 g/mol. The summed E-state index contributed by atoms with van der Waals surface area (Å²) in [5.41, 5.74) is 0.377. The molecular formula is C21H28O6. The highest BCUT2D eigenvalue weighted by Gasteiger charge is 2.65. The van der Waals surface area contributed by atoms with Crippen LogP contribution in [0.3, 0.4) is 0 Å². The molecule has 4 atom stereocenters. The zero-order valence-electron chi connectivity index (χ0n) is 16.2. The molecule has 2 aliphatic heterocycles. The summed E-state index contributed by atoms with van der Waals surface area (Å²) in [6, 6.07) is 5.88. The molecule has 4 rings (SSSR count). The molecular weight excluding hydrogens is 348 g/mol. The van der Waals surface area contributed by atoms with Crippen molar-refractivity contribution in [3.05, 3.63) is 36.1 Å². The highest BCUT2D eigenvalue weighted by molar-refractivity contribution is 5.44. The molecule has 2 bridgehead atoms. The Labute approximate surface area is 160 Å². The Morgan fingerprint density at radius 1 is 1.15 bits per heavy atom. The molecule has 2 fully saturated rings. The topological polar surface area (TPSA) is 55.4 Å². The molecule has 0 amide bonds. The van der Waals surface area contributed by atoms with Crippen LogP contribution in [0, 0.1) is 5.41 Å². The van der Waals surface area contributed by atoms with Gasteiger partial charge >= 0.3 is 0 Å². The number of rotatable bonds is 7. The Balaban J connectivity index is 1.82. The molecule has 1 aromatic carbocycles. The quantitative estimate of drug-likeness (QED) is 0.672. The predicted molar refractivity (Wildman–Crippen MR) is 98.6 cm³/mol. The fraction of sp³-hybridized carbons (Fsp3) is 0.619. The molecule has 1 saturated carbocycles. The van der Waals surface area contributed by atoms with Gasteiger partial charge in [-0.25, -0.2) is 0 Å². The van der Waals surface area contributed by atoms with Gasteiger partial charge in [0.25, 0.3) is 0 Å². The van der Waals surface area contributed by atoms with Crippen LogP contribution in [0.15, 0.2) is 30.5 Å². The maximum atomic E-state index is 6.40. The van der Waals surface area contributed by atoms with Gasteiger partial charge in [0, 0.05) is 30.6 Å². The summed E-state index contributed by atoms with van der Waals surface area (Å²) in [5.74, 6) is 1.50. The van der Waals surface area contributed by atoms with Crippen molar-refractivity contribution in [2.45, 2.75) is 50.1 Å². The third-order valence-electron chi connectivity index (χ3n) is 6.28. The summed E-state index contributed by atoms with van der Waals surface area (Å²) in [5, 5.41) is 0. The molecule has 27 heavy (non-hydrogen) atoms. The lowest BCUT2D eigenvalue weighted by molar-refractivity contribution is -0.195. The van der Waals surface area contributed by atoms with E-state index in [4.69, 9.17) is 28.4 Å². The minimum atomic E-state index is -0.377. The first-order valence-corrected chi connectivity index (χ1v) is 9.51. The number of ether oxygens (including phenoxy) is 6. The van der Waals surface area contributed by atoms with Crippen LogP contribution in [0.2, 0.25) is 0 Å². The molecule has 2 heterocycles. The van der Waals surface area contributed by atoms with Gasteiger partial charge in [0.2, 0.25) is 6.29 Å². The summed E-state index contributed by atoms with van der Waals surface area (Å²) >= 11 is 0. The van der Waals surface area contributed by atoms with E-state index in [-0.39, 0.29) is 30.2 Å². The largest absolute Gasteiger partial charge is 0.497 e. The molecule has 0 N–H and O–H groups in total. The van der Waals surface area contributed by atoms with Crippen LogP contribution in [0.25, 0.3) is 0 Å². The van der Waals surface area contributed by atoms with E-state index in [9.17, 15) is 0 Å². The summed E-state index contributed by atoms with van der Waals surface area (Å²) in [6.45, 7) is 0.201. The Morgan fingerprint density at radius 3 is 2.78 bits per heavy atom. The van der Waals surface area contributed by atoms with Gasteiger partial charge in [-0.3, -0.25) is 0 Å². The van der Waals surface area contributed by atoms with Crippen molar-refractivity contribution in [1.29, 1.82) is 0 Å². The van der Waals surface area contributed by atoms with Crippen molar-refractivity contribution in [2.75, 3.05) is 28.1 Å². The van der Waals surface area contributed by atoms with Gasteiger partial charge in [0.05, 0.1) is 26.6 Å². The molecule has 1 saturated heterocycles. The van der Waals surface area contributed by atoms with Gasteiger partial charge in [-0.15, -0.1) is 0 Å². The molecule has 6 nitrogen and oxygen atoms in total. The fourth-order valence-corrected chi connectivity index (χ4v) is 5.09. The summed E-state index contributed by atoms with van der Waals surface area (Å²) in [7, 11) is 4.97. The van der Waals surface area contributed by atoms with Crippen molar-refractivity contribution in [1.82, 2.24) is 0 Å². The van der Waals surface area contributed by atoms with E-state index in [1.807, 2.05) is 18.2 Å². The van der Waals surface area contributed by atoms with Crippen LogP contribution >= 0.6 is 0 Å². The van der Waals surface area contributed by atoms with Gasteiger partial charge in [-0.2, -0.15) is 0 Å². The maximum Gasteiger partial charge on any atom is 0.200 e. The summed E-state index contributed by atoms with van der Waals surface area (Å²) in [4.78, 5) is 0. The maximum absolute atomic E-state index is 6.40. The lowest BCUT2D eigenvalue weighted by atomic mass is 9.58. The Kier molecular flexibility index (Phi) is 5.05. The van der Waals surface area contributed by atoms with Crippen molar-refractivity contribution in [2.24, 2.45) is 5.41 Å². The van der Waals surface area contributed by atoms with Crippen LogP contribution in [0.1, 0.15) is 43.8 Å². The third-order valence-corrected chi connectivity index (χ3v) is 6.28. The number of hydrogen-bond acceptors (Lipinski definition) is 6. The summed E-state index contributed by atoms with van der Waals surface area (Å²) in [6.07, 6.45) is 8.45. The van der Waals surface area contributed by atoms with Crippen LogP contribution in [0.4, 0.5) is 0 Å². The first kappa shape index (κ1) is 18.6. The van der Waals surface area contributed by atoms with Crippen molar-refractivity contribution in [3.8, 4) is 11.5 Å². The first-order valence-electron chi connectivity index (χ1n) is 9.51. The molecule has 1 unspecified atom stereocenters. The second-order valence-electron chi connectivity index (χ2n) is 7.50. The summed E-state index contributed by atoms with van der Waals surface area (Å²) < 4.78 is 34.8. The van der Waals surface area contributed by atoms with E-state index in [0.29, 0.717) is 0 Å². The van der Waals surface area contributed by atoms with Crippen molar-refractivity contribution in [3.63, 3.8) is 0 Å². The average Bonchev–Trinajstić information content (AvgIpc) is 2.94. The lowest BCUT2D eigenvalue weighted by Crippen LogP contribution is -2.50. The van der Waals surface area contributed by atoms with Gasteiger partial charge in [0.1, 0.15) is 23.9 Å². The number of fused-ring (bicyclic) bond motifs is 1. The van der Waals surface area contributed by atoms with Crippen LogP contribution < -0.4 is 9.47 Å². The zero-order valence-corrected chi connectivity index (χ0v) is 16.2. The fourth-order valence-electron chi connectivity index (χ4n) is 5.09. The smallest absolute Gasteiger partial charge is 0.200 e. The van der Waals surface area contributed by atoms with E-state index in [1.165, 1.54) is 0 Å². The number of benzene rings is 1. The molecule has 1 aliphatic carbocycles. The van der Waals surface area contributed by atoms with E-state index in [2.05, 4.69) is 6.08 Å². The van der Waals surface area contributed by atoms with Gasteiger partial charge < -0.3 is 28.4 Å². The highest BCUT2D eigenvalue weighted by Crippen LogP contribution is 2.64. The Morgan fingerprint density at radius 2 is 2.00 bits per heavy atom. The van der Waals surface area contributed by atoms with Crippen LogP contribution in [-0.2, 0) is 18.9 Å². The second-order valence-corrected chi connectivity index (χ2v) is 7.50. The third kappa shape index (κ3) is 2.91. The van der Waals surface area contributed by atoms with Gasteiger partial charge in [0.15, 0.2) is 0 Å². The minimum Gasteiger partial charge on any atom is -0.497 e. The van der Waals surface area contributed by atoms with E-state index >= 15 is 0 Å². The minimum absolute atomic E-state index is 0.201. The molecule has 1 aromatic rings. The normalized spacial score (nSPS) is 32.5. The molecule has 1 spiro atoms. The number of methoxy groups -OCH3 is 3. The van der Waals surface area contributed by atoms with Gasteiger partial charge in [-0.1, -0.05) is 12.8 Å².